The van der Waals surface area contributed by atoms with E-state index < -0.39 is 0 Å². The van der Waals surface area contributed by atoms with Gasteiger partial charge in [0.1, 0.15) is 11.6 Å². The first kappa shape index (κ1) is 20.7. The van der Waals surface area contributed by atoms with Crippen molar-refractivity contribution in [3.8, 4) is 5.75 Å². The van der Waals surface area contributed by atoms with Gasteiger partial charge < -0.3 is 9.40 Å². The summed E-state index contributed by atoms with van der Waals surface area (Å²) in [6, 6.07) is 16.2. The standard InChI is InChI=1S/C23H31N3OS/c1-4-5-14-26-22-12-7-6-11-21(22)24-23(26)17-25(15-13-18(2)3)27-19-9-8-10-20(28)16-19/h6-12,16,18,28H,4-5,13-15,17H2,1-3H3. The minimum absolute atomic E-state index is 0.612. The fraction of sp³-hybridized carbons (Fsp3) is 0.435. The smallest absolute Gasteiger partial charge is 0.148 e. The fourth-order valence-corrected chi connectivity index (χ4v) is 3.43. The van der Waals surface area contributed by atoms with Crippen molar-refractivity contribution in [1.29, 1.82) is 0 Å². The Kier molecular flexibility index (Phi) is 7.40. The molecule has 0 fully saturated rings. The van der Waals surface area contributed by atoms with Crippen LogP contribution in [0.3, 0.4) is 0 Å². The zero-order valence-electron chi connectivity index (χ0n) is 17.1. The molecule has 5 heteroatoms. The Hall–Kier alpha value is -1.98. The van der Waals surface area contributed by atoms with Crippen LogP contribution in [0.1, 0.15) is 45.9 Å². The van der Waals surface area contributed by atoms with Gasteiger partial charge in [-0.1, -0.05) is 45.4 Å². The van der Waals surface area contributed by atoms with Crippen LogP contribution in [0, 0.1) is 5.92 Å². The van der Waals surface area contributed by atoms with Gasteiger partial charge in [-0.25, -0.2) is 4.98 Å². The minimum atomic E-state index is 0.612. The number of para-hydroxylation sites is 2. The quantitative estimate of drug-likeness (QED) is 0.338. The van der Waals surface area contributed by atoms with Gasteiger partial charge in [-0.3, -0.25) is 0 Å². The van der Waals surface area contributed by atoms with E-state index in [1.54, 1.807) is 0 Å². The van der Waals surface area contributed by atoms with Crippen LogP contribution in [0.25, 0.3) is 11.0 Å². The second-order valence-electron chi connectivity index (χ2n) is 7.66. The summed E-state index contributed by atoms with van der Waals surface area (Å²) >= 11 is 4.43. The molecule has 0 bridgehead atoms. The van der Waals surface area contributed by atoms with Crippen LogP contribution in [0.15, 0.2) is 53.4 Å². The molecule has 0 aliphatic rings. The van der Waals surface area contributed by atoms with Crippen LogP contribution in [0.4, 0.5) is 0 Å². The van der Waals surface area contributed by atoms with Crippen molar-refractivity contribution in [2.75, 3.05) is 6.54 Å². The molecule has 0 N–H and O–H groups in total. The van der Waals surface area contributed by atoms with Crippen molar-refractivity contribution in [3.63, 3.8) is 0 Å². The van der Waals surface area contributed by atoms with Gasteiger partial charge in [0.05, 0.1) is 17.6 Å². The number of hydroxylamine groups is 2. The number of nitrogens with zero attached hydrogens (tertiary/aromatic N) is 3. The Morgan fingerprint density at radius 1 is 1.14 bits per heavy atom. The number of benzene rings is 2. The summed E-state index contributed by atoms with van der Waals surface area (Å²) in [5, 5.41) is 2.03. The summed E-state index contributed by atoms with van der Waals surface area (Å²) in [5.41, 5.74) is 2.25. The Balaban J connectivity index is 1.86. The molecule has 28 heavy (non-hydrogen) atoms. The second kappa shape index (κ2) is 9.99. The number of aromatic nitrogens is 2. The molecule has 0 amide bonds. The molecule has 0 saturated heterocycles. The Morgan fingerprint density at radius 3 is 2.71 bits per heavy atom. The summed E-state index contributed by atoms with van der Waals surface area (Å²) in [6.07, 6.45) is 3.37. The van der Waals surface area contributed by atoms with Gasteiger partial charge in [-0.2, -0.15) is 0 Å². The molecule has 1 heterocycles. The Bertz CT molecular complexity index is 890. The SMILES string of the molecule is CCCCn1c(CN(CCC(C)C)Oc2cccc(S)c2)nc2ccccc21. The number of imidazole rings is 1. The highest BCUT2D eigenvalue weighted by molar-refractivity contribution is 7.80. The van der Waals surface area contributed by atoms with Crippen LogP contribution >= 0.6 is 12.6 Å². The molecule has 150 valence electrons. The zero-order chi connectivity index (χ0) is 19.9. The lowest BCUT2D eigenvalue weighted by Gasteiger charge is -2.23. The Labute approximate surface area is 173 Å². The Morgan fingerprint density at radius 2 is 1.96 bits per heavy atom. The fourth-order valence-electron chi connectivity index (χ4n) is 3.22. The predicted octanol–water partition coefficient (Wildman–Crippen LogP) is 5.97. The maximum atomic E-state index is 6.24. The zero-order valence-corrected chi connectivity index (χ0v) is 18.0. The topological polar surface area (TPSA) is 30.3 Å². The van der Waals surface area contributed by atoms with E-state index in [9.17, 15) is 0 Å². The lowest BCUT2D eigenvalue weighted by Crippen LogP contribution is -2.30. The van der Waals surface area contributed by atoms with E-state index in [2.05, 4.69) is 62.2 Å². The van der Waals surface area contributed by atoms with Gasteiger partial charge in [-0.05, 0) is 49.1 Å². The molecule has 0 atom stereocenters. The number of thiol groups is 1. The first-order chi connectivity index (χ1) is 13.6. The van der Waals surface area contributed by atoms with E-state index in [4.69, 9.17) is 9.82 Å². The first-order valence-corrected chi connectivity index (χ1v) is 10.7. The van der Waals surface area contributed by atoms with E-state index in [0.29, 0.717) is 12.5 Å². The van der Waals surface area contributed by atoms with Crippen molar-refractivity contribution < 1.29 is 4.84 Å². The lowest BCUT2D eigenvalue weighted by molar-refractivity contribution is -0.0725. The summed E-state index contributed by atoms with van der Waals surface area (Å²) in [4.78, 5) is 12.1. The number of rotatable bonds is 10. The summed E-state index contributed by atoms with van der Waals surface area (Å²) in [7, 11) is 0. The minimum Gasteiger partial charge on any atom is -0.406 e. The maximum Gasteiger partial charge on any atom is 0.148 e. The van der Waals surface area contributed by atoms with Gasteiger partial charge >= 0.3 is 0 Å². The molecule has 0 unspecified atom stereocenters. The lowest BCUT2D eigenvalue weighted by atomic mass is 10.1. The number of unbranched alkanes of at least 4 members (excludes halogenated alkanes) is 1. The molecule has 0 aliphatic heterocycles. The van der Waals surface area contributed by atoms with Crippen molar-refractivity contribution >= 4 is 23.7 Å². The van der Waals surface area contributed by atoms with Crippen LogP contribution < -0.4 is 4.84 Å². The molecule has 0 aliphatic carbocycles. The van der Waals surface area contributed by atoms with Crippen LogP contribution in [0.5, 0.6) is 5.75 Å². The van der Waals surface area contributed by atoms with Gasteiger partial charge in [0.15, 0.2) is 0 Å². The first-order valence-electron chi connectivity index (χ1n) is 10.2. The summed E-state index contributed by atoms with van der Waals surface area (Å²) < 4.78 is 2.35. The normalized spacial score (nSPS) is 11.6. The third kappa shape index (κ3) is 5.52. The highest BCUT2D eigenvalue weighted by atomic mass is 32.1. The van der Waals surface area contributed by atoms with Crippen molar-refractivity contribution in [2.45, 2.75) is 58.0 Å². The van der Waals surface area contributed by atoms with E-state index in [1.165, 1.54) is 5.52 Å². The molecular weight excluding hydrogens is 366 g/mol. The largest absolute Gasteiger partial charge is 0.406 e. The summed E-state index contributed by atoms with van der Waals surface area (Å²) in [6.45, 7) is 9.19. The monoisotopic (exact) mass is 397 g/mol. The van der Waals surface area contributed by atoms with Gasteiger partial charge in [0.25, 0.3) is 0 Å². The molecule has 0 saturated carbocycles. The van der Waals surface area contributed by atoms with Gasteiger partial charge in [0, 0.05) is 18.0 Å². The molecule has 1 aromatic heterocycles. The number of fused-ring (bicyclic) bond motifs is 1. The molecule has 3 rings (SSSR count). The second-order valence-corrected chi connectivity index (χ2v) is 8.17. The molecule has 0 radical (unpaired) electrons. The highest BCUT2D eigenvalue weighted by Gasteiger charge is 2.16. The summed E-state index contributed by atoms with van der Waals surface area (Å²) in [5.74, 6) is 2.48. The third-order valence-electron chi connectivity index (χ3n) is 4.79. The predicted molar refractivity (Wildman–Crippen MR) is 119 cm³/mol. The van der Waals surface area contributed by atoms with Crippen molar-refractivity contribution in [2.24, 2.45) is 5.92 Å². The maximum absolute atomic E-state index is 6.24. The average molecular weight is 398 g/mol. The van der Waals surface area contributed by atoms with E-state index >= 15 is 0 Å². The molecular formula is C23H31N3OS. The molecule has 0 spiro atoms. The van der Waals surface area contributed by atoms with E-state index in [0.717, 1.165) is 54.3 Å². The van der Waals surface area contributed by atoms with Crippen LogP contribution in [-0.4, -0.2) is 21.2 Å². The number of aryl methyl sites for hydroxylation is 1. The average Bonchev–Trinajstić information content (AvgIpc) is 3.01. The van der Waals surface area contributed by atoms with Crippen molar-refractivity contribution in [3.05, 3.63) is 54.4 Å². The number of hydrogen-bond donors (Lipinski definition) is 1. The highest BCUT2D eigenvalue weighted by Crippen LogP contribution is 2.21. The van der Waals surface area contributed by atoms with Crippen LogP contribution in [-0.2, 0) is 13.1 Å². The molecule has 3 aromatic rings. The third-order valence-corrected chi connectivity index (χ3v) is 5.07. The van der Waals surface area contributed by atoms with E-state index in [-0.39, 0.29) is 0 Å². The van der Waals surface area contributed by atoms with E-state index in [1.807, 2.05) is 29.3 Å². The van der Waals surface area contributed by atoms with Gasteiger partial charge in [-0.15, -0.1) is 17.7 Å². The number of hydrogen-bond acceptors (Lipinski definition) is 4. The van der Waals surface area contributed by atoms with Gasteiger partial charge in [0.2, 0.25) is 0 Å². The molecule has 4 nitrogen and oxygen atoms in total. The van der Waals surface area contributed by atoms with Crippen molar-refractivity contribution in [1.82, 2.24) is 14.6 Å². The molecule has 2 aromatic carbocycles. The van der Waals surface area contributed by atoms with Crippen LogP contribution in [0.2, 0.25) is 0 Å².